The molecule has 154 valence electrons. The van der Waals surface area contributed by atoms with Gasteiger partial charge in [-0.15, -0.1) is 0 Å². The molecule has 0 atom stereocenters. The highest BCUT2D eigenvalue weighted by Gasteiger charge is 2.24. The van der Waals surface area contributed by atoms with Gasteiger partial charge in [0.1, 0.15) is 17.3 Å². The van der Waals surface area contributed by atoms with Crippen LogP contribution in [0.3, 0.4) is 0 Å². The number of hydrogen-bond acceptors (Lipinski definition) is 6. The molecule has 2 aromatic rings. The fourth-order valence-electron chi connectivity index (χ4n) is 3.97. The minimum atomic E-state index is 0.0209. The molecule has 2 aliphatic rings. The molecule has 2 fully saturated rings. The molecule has 7 nitrogen and oxygen atoms in total. The second-order valence-electron chi connectivity index (χ2n) is 8.00. The molecule has 0 saturated carbocycles. The van der Waals surface area contributed by atoms with E-state index in [4.69, 9.17) is 0 Å². The summed E-state index contributed by atoms with van der Waals surface area (Å²) < 4.78 is 0. The maximum atomic E-state index is 12.9. The Kier molecular flexibility index (Phi) is 6.06. The molecule has 1 amide bonds. The van der Waals surface area contributed by atoms with Crippen LogP contribution in [0.1, 0.15) is 21.9 Å². The molecule has 2 aliphatic heterocycles. The van der Waals surface area contributed by atoms with Gasteiger partial charge >= 0.3 is 0 Å². The van der Waals surface area contributed by atoms with Crippen molar-refractivity contribution in [2.75, 3.05) is 64.3 Å². The van der Waals surface area contributed by atoms with Gasteiger partial charge in [0, 0.05) is 65.0 Å². The fourth-order valence-corrected chi connectivity index (χ4v) is 3.97. The number of anilines is 1. The number of carbonyl (C=O) groups excluding carboxylic acids is 1. The monoisotopic (exact) mass is 394 g/mol. The van der Waals surface area contributed by atoms with Crippen LogP contribution in [-0.2, 0) is 6.54 Å². The van der Waals surface area contributed by atoms with Crippen LogP contribution in [0.4, 0.5) is 5.82 Å². The van der Waals surface area contributed by atoms with Crippen molar-refractivity contribution in [2.24, 2.45) is 0 Å². The second kappa shape index (κ2) is 8.88. The minimum Gasteiger partial charge on any atom is -0.354 e. The lowest BCUT2D eigenvalue weighted by atomic mass is 10.2. The summed E-state index contributed by atoms with van der Waals surface area (Å²) in [5, 5.41) is 0. The maximum Gasteiger partial charge on any atom is 0.272 e. The van der Waals surface area contributed by atoms with E-state index in [0.717, 1.165) is 64.7 Å². The van der Waals surface area contributed by atoms with E-state index in [2.05, 4.69) is 62.0 Å². The van der Waals surface area contributed by atoms with Crippen molar-refractivity contribution in [3.8, 4) is 0 Å². The van der Waals surface area contributed by atoms with Crippen molar-refractivity contribution < 1.29 is 4.79 Å². The normalized spacial score (nSPS) is 18.8. The van der Waals surface area contributed by atoms with Crippen molar-refractivity contribution in [3.63, 3.8) is 0 Å². The number of hydrogen-bond donors (Lipinski definition) is 0. The molecule has 3 heterocycles. The highest BCUT2D eigenvalue weighted by molar-refractivity contribution is 5.93. The molecule has 0 bridgehead atoms. The predicted octanol–water partition coefficient (Wildman–Crippen LogP) is 1.49. The van der Waals surface area contributed by atoms with Crippen LogP contribution in [0.5, 0.6) is 0 Å². The van der Waals surface area contributed by atoms with Crippen molar-refractivity contribution in [2.45, 2.75) is 13.5 Å². The zero-order valence-corrected chi connectivity index (χ0v) is 17.4. The summed E-state index contributed by atoms with van der Waals surface area (Å²) >= 11 is 0. The van der Waals surface area contributed by atoms with Crippen molar-refractivity contribution in [3.05, 3.63) is 53.5 Å². The quantitative estimate of drug-likeness (QED) is 0.783. The first kappa shape index (κ1) is 19.8. The Bertz CT molecular complexity index is 826. The zero-order chi connectivity index (χ0) is 20.2. The van der Waals surface area contributed by atoms with E-state index in [1.807, 2.05) is 17.9 Å². The Morgan fingerprint density at radius 2 is 1.62 bits per heavy atom. The van der Waals surface area contributed by atoms with Gasteiger partial charge in [0.15, 0.2) is 0 Å². The third kappa shape index (κ3) is 4.92. The Labute approximate surface area is 172 Å². The number of benzene rings is 1. The number of nitrogens with zero attached hydrogens (tertiary/aromatic N) is 6. The standard InChI is InChI=1S/C22H30N6O/c1-18-23-20(22(29)28-12-8-25(2)9-13-28)16-21(24-18)27-14-10-26(11-15-27)17-19-6-4-3-5-7-19/h3-7,16H,8-15,17H2,1-2H3. The van der Waals surface area contributed by atoms with Crippen LogP contribution >= 0.6 is 0 Å². The van der Waals surface area contributed by atoms with Gasteiger partial charge in [-0.1, -0.05) is 30.3 Å². The molecule has 4 rings (SSSR count). The van der Waals surface area contributed by atoms with Crippen molar-refractivity contribution >= 4 is 11.7 Å². The molecular weight excluding hydrogens is 364 g/mol. The highest BCUT2D eigenvalue weighted by Crippen LogP contribution is 2.18. The van der Waals surface area contributed by atoms with Gasteiger partial charge in [-0.3, -0.25) is 9.69 Å². The van der Waals surface area contributed by atoms with Crippen molar-refractivity contribution in [1.29, 1.82) is 0 Å². The van der Waals surface area contributed by atoms with E-state index in [-0.39, 0.29) is 5.91 Å². The first-order valence-corrected chi connectivity index (χ1v) is 10.4. The number of rotatable bonds is 4. The highest BCUT2D eigenvalue weighted by atomic mass is 16.2. The smallest absolute Gasteiger partial charge is 0.272 e. The number of carbonyl (C=O) groups is 1. The number of aromatic nitrogens is 2. The Morgan fingerprint density at radius 1 is 0.931 bits per heavy atom. The molecule has 0 N–H and O–H groups in total. The van der Waals surface area contributed by atoms with Crippen LogP contribution < -0.4 is 4.90 Å². The van der Waals surface area contributed by atoms with Crippen LogP contribution in [0.15, 0.2) is 36.4 Å². The average Bonchev–Trinajstić information content (AvgIpc) is 2.75. The molecule has 1 aromatic carbocycles. The van der Waals surface area contributed by atoms with E-state index in [9.17, 15) is 4.79 Å². The number of aryl methyl sites for hydroxylation is 1. The largest absolute Gasteiger partial charge is 0.354 e. The van der Waals surface area contributed by atoms with Crippen LogP contribution in [0.25, 0.3) is 0 Å². The van der Waals surface area contributed by atoms with Gasteiger partial charge < -0.3 is 14.7 Å². The summed E-state index contributed by atoms with van der Waals surface area (Å²) in [7, 11) is 2.09. The number of likely N-dealkylation sites (N-methyl/N-ethyl adjacent to an activating group) is 1. The van der Waals surface area contributed by atoms with E-state index >= 15 is 0 Å². The molecule has 7 heteroatoms. The first-order valence-electron chi connectivity index (χ1n) is 10.4. The SMILES string of the molecule is Cc1nc(C(=O)N2CCN(C)CC2)cc(N2CCN(Cc3ccccc3)CC2)n1. The lowest BCUT2D eigenvalue weighted by Gasteiger charge is -2.36. The topological polar surface area (TPSA) is 55.8 Å². The van der Waals surface area contributed by atoms with E-state index in [1.54, 1.807) is 0 Å². The third-order valence-electron chi connectivity index (χ3n) is 5.78. The Hall–Kier alpha value is -2.51. The summed E-state index contributed by atoms with van der Waals surface area (Å²) in [6, 6.07) is 12.5. The summed E-state index contributed by atoms with van der Waals surface area (Å²) in [5.41, 5.74) is 1.86. The molecular formula is C22H30N6O. The van der Waals surface area contributed by atoms with Gasteiger partial charge in [-0.25, -0.2) is 9.97 Å². The fraction of sp³-hybridized carbons (Fsp3) is 0.500. The molecule has 1 aromatic heterocycles. The summed E-state index contributed by atoms with van der Waals surface area (Å²) in [6.45, 7) is 9.96. The van der Waals surface area contributed by atoms with E-state index < -0.39 is 0 Å². The van der Waals surface area contributed by atoms with Gasteiger partial charge in [-0.05, 0) is 19.5 Å². The van der Waals surface area contributed by atoms with Gasteiger partial charge in [0.05, 0.1) is 0 Å². The van der Waals surface area contributed by atoms with Crippen LogP contribution in [0.2, 0.25) is 0 Å². The average molecular weight is 395 g/mol. The summed E-state index contributed by atoms with van der Waals surface area (Å²) in [5.74, 6) is 1.55. The minimum absolute atomic E-state index is 0.0209. The van der Waals surface area contributed by atoms with E-state index in [0.29, 0.717) is 11.5 Å². The van der Waals surface area contributed by atoms with Gasteiger partial charge in [0.2, 0.25) is 0 Å². The first-order chi connectivity index (χ1) is 14.1. The second-order valence-corrected chi connectivity index (χ2v) is 8.00. The lowest BCUT2D eigenvalue weighted by Crippen LogP contribution is -2.48. The van der Waals surface area contributed by atoms with Crippen molar-refractivity contribution in [1.82, 2.24) is 24.7 Å². The maximum absolute atomic E-state index is 12.9. The third-order valence-corrected chi connectivity index (χ3v) is 5.78. The molecule has 0 spiro atoms. The number of amides is 1. The molecule has 0 unspecified atom stereocenters. The van der Waals surface area contributed by atoms with Crippen LogP contribution in [0, 0.1) is 6.92 Å². The van der Waals surface area contributed by atoms with E-state index in [1.165, 1.54) is 5.56 Å². The van der Waals surface area contributed by atoms with Crippen LogP contribution in [-0.4, -0.2) is 90.0 Å². The molecule has 2 saturated heterocycles. The predicted molar refractivity (Wildman–Crippen MR) is 114 cm³/mol. The molecule has 0 aliphatic carbocycles. The molecule has 29 heavy (non-hydrogen) atoms. The Morgan fingerprint density at radius 3 is 2.31 bits per heavy atom. The lowest BCUT2D eigenvalue weighted by molar-refractivity contribution is 0.0657. The Balaban J connectivity index is 1.40. The zero-order valence-electron chi connectivity index (χ0n) is 17.4. The molecule has 0 radical (unpaired) electrons. The number of piperazine rings is 2. The summed E-state index contributed by atoms with van der Waals surface area (Å²) in [6.07, 6.45) is 0. The summed E-state index contributed by atoms with van der Waals surface area (Å²) in [4.78, 5) is 30.9. The van der Waals surface area contributed by atoms with Gasteiger partial charge in [-0.2, -0.15) is 0 Å². The van der Waals surface area contributed by atoms with Gasteiger partial charge in [0.25, 0.3) is 5.91 Å².